The third kappa shape index (κ3) is 6.33. The van der Waals surface area contributed by atoms with Gasteiger partial charge in [-0.05, 0) is 66.8 Å². The second kappa shape index (κ2) is 10.2. The van der Waals surface area contributed by atoms with Crippen molar-refractivity contribution in [2.75, 3.05) is 0 Å². The van der Waals surface area contributed by atoms with Crippen molar-refractivity contribution < 1.29 is 19.4 Å². The van der Waals surface area contributed by atoms with Gasteiger partial charge in [-0.25, -0.2) is 4.79 Å². The Hall–Kier alpha value is -3.84. The predicted octanol–water partition coefficient (Wildman–Crippen LogP) is 6.35. The largest absolute Gasteiger partial charge is 0.478 e. The Kier molecular flexibility index (Phi) is 7.35. The molecule has 1 N–H and O–H groups in total. The van der Waals surface area contributed by atoms with Gasteiger partial charge in [-0.2, -0.15) is 0 Å². The molecule has 0 radical (unpaired) electrons. The molecule has 1 aliphatic rings. The third-order valence-electron chi connectivity index (χ3n) is 5.67. The van der Waals surface area contributed by atoms with Crippen LogP contribution in [0.2, 0.25) is 0 Å². The number of Topliss-reactive ketones (excluding diaryl/α,β-unsaturated/α-hetero) is 1. The second-order valence-corrected chi connectivity index (χ2v) is 8.90. The number of rotatable bonds is 5. The molecule has 0 spiro atoms. The van der Waals surface area contributed by atoms with Crippen LogP contribution in [0.3, 0.4) is 0 Å². The quantitative estimate of drug-likeness (QED) is 0.334. The Morgan fingerprint density at radius 1 is 1.06 bits per heavy atom. The molecule has 3 rings (SSSR count). The number of ketones is 1. The van der Waals surface area contributed by atoms with Crippen LogP contribution in [0, 0.1) is 23.2 Å². The summed E-state index contributed by atoms with van der Waals surface area (Å²) in [5.41, 5.74) is 2.61. The Balaban J connectivity index is 1.84. The van der Waals surface area contributed by atoms with Crippen LogP contribution < -0.4 is 4.74 Å². The van der Waals surface area contributed by atoms with Gasteiger partial charge in [0, 0.05) is 24.0 Å². The van der Waals surface area contributed by atoms with Crippen LogP contribution in [0.1, 0.15) is 39.7 Å². The fourth-order valence-corrected chi connectivity index (χ4v) is 4.00. The topological polar surface area (TPSA) is 63.6 Å². The molecule has 2 aromatic carbocycles. The molecule has 0 aliphatic heterocycles. The van der Waals surface area contributed by atoms with Crippen LogP contribution in [-0.2, 0) is 9.59 Å². The van der Waals surface area contributed by atoms with Crippen LogP contribution in [-0.4, -0.2) is 16.9 Å². The van der Waals surface area contributed by atoms with Crippen molar-refractivity contribution in [2.45, 2.75) is 34.1 Å². The molecule has 4 heteroatoms. The summed E-state index contributed by atoms with van der Waals surface area (Å²) in [6.45, 7) is 7.78. The predicted molar refractivity (Wildman–Crippen MR) is 130 cm³/mol. The molecular weight excluding hydrogens is 412 g/mol. The maximum absolute atomic E-state index is 12.8. The molecule has 0 saturated carbocycles. The van der Waals surface area contributed by atoms with E-state index in [1.54, 1.807) is 13.0 Å². The molecule has 0 aromatic heterocycles. The highest BCUT2D eigenvalue weighted by atomic mass is 16.5. The van der Waals surface area contributed by atoms with E-state index in [2.05, 4.69) is 25.7 Å². The highest BCUT2D eigenvalue weighted by molar-refractivity contribution is 6.02. The first-order valence-corrected chi connectivity index (χ1v) is 10.8. The van der Waals surface area contributed by atoms with E-state index >= 15 is 0 Å². The van der Waals surface area contributed by atoms with Crippen molar-refractivity contribution >= 4 is 11.8 Å². The fourth-order valence-electron chi connectivity index (χ4n) is 4.00. The number of hydrogen-bond donors (Lipinski definition) is 1. The first-order chi connectivity index (χ1) is 15.7. The SMILES string of the molecule is CC1=C(C#Cc2ccc(Oc3ccccc3)cc2)C(=O)CC(C)(C)C1/C=C/C(C)=C\C(=O)O. The van der Waals surface area contributed by atoms with Gasteiger partial charge >= 0.3 is 5.97 Å². The number of hydrogen-bond acceptors (Lipinski definition) is 3. The molecule has 1 unspecified atom stereocenters. The minimum absolute atomic E-state index is 0.0155. The normalized spacial score (nSPS) is 18.1. The maximum Gasteiger partial charge on any atom is 0.328 e. The van der Waals surface area contributed by atoms with Crippen molar-refractivity contribution in [2.24, 2.45) is 11.3 Å². The lowest BCUT2D eigenvalue weighted by Gasteiger charge is -2.37. The van der Waals surface area contributed by atoms with Gasteiger partial charge in [0.1, 0.15) is 11.5 Å². The maximum atomic E-state index is 12.8. The lowest BCUT2D eigenvalue weighted by molar-refractivity contribution is -0.131. The van der Waals surface area contributed by atoms with Crippen molar-refractivity contribution in [3.63, 3.8) is 0 Å². The zero-order chi connectivity index (χ0) is 24.0. The van der Waals surface area contributed by atoms with Crippen LogP contribution in [0.15, 0.2) is 89.5 Å². The number of para-hydroxylation sites is 1. The molecule has 168 valence electrons. The molecule has 0 fully saturated rings. The molecule has 0 amide bonds. The highest BCUT2D eigenvalue weighted by Crippen LogP contribution is 2.43. The average molecular weight is 441 g/mol. The number of carbonyl (C=O) groups is 2. The van der Waals surface area contributed by atoms with Crippen LogP contribution in [0.25, 0.3) is 0 Å². The number of ether oxygens (including phenoxy) is 1. The molecule has 0 saturated heterocycles. The Morgan fingerprint density at radius 2 is 1.70 bits per heavy atom. The highest BCUT2D eigenvalue weighted by Gasteiger charge is 2.38. The van der Waals surface area contributed by atoms with E-state index in [9.17, 15) is 9.59 Å². The second-order valence-electron chi connectivity index (χ2n) is 8.90. The van der Waals surface area contributed by atoms with E-state index in [4.69, 9.17) is 9.84 Å². The zero-order valence-corrected chi connectivity index (χ0v) is 19.4. The number of benzene rings is 2. The van der Waals surface area contributed by atoms with Gasteiger partial charge in [0.25, 0.3) is 0 Å². The minimum Gasteiger partial charge on any atom is -0.478 e. The molecule has 2 aromatic rings. The van der Waals surface area contributed by atoms with Crippen molar-refractivity contribution in [3.8, 4) is 23.3 Å². The van der Waals surface area contributed by atoms with Gasteiger partial charge in [0.2, 0.25) is 0 Å². The van der Waals surface area contributed by atoms with E-state index in [0.29, 0.717) is 23.3 Å². The fraction of sp³-hybridized carbons (Fsp3) is 0.241. The number of allylic oxidation sites excluding steroid dienone is 5. The molecule has 1 aliphatic carbocycles. The average Bonchev–Trinajstić information content (AvgIpc) is 2.74. The lowest BCUT2D eigenvalue weighted by atomic mass is 9.66. The third-order valence-corrected chi connectivity index (χ3v) is 5.67. The first kappa shape index (κ1) is 23.8. The van der Waals surface area contributed by atoms with Crippen LogP contribution in [0.5, 0.6) is 11.5 Å². The lowest BCUT2D eigenvalue weighted by Crippen LogP contribution is -2.33. The summed E-state index contributed by atoms with van der Waals surface area (Å²) in [5, 5.41) is 8.93. The standard InChI is InChI=1S/C29H28O4/c1-20(18-28(31)32)10-17-26-21(2)25(27(30)19-29(26,3)4)16-13-22-11-14-24(15-12-22)33-23-8-6-5-7-9-23/h5-12,14-15,17-18,26H,19H2,1-4H3,(H,31,32)/b17-10+,20-18-. The van der Waals surface area contributed by atoms with Crippen LogP contribution in [0.4, 0.5) is 0 Å². The Morgan fingerprint density at radius 3 is 2.33 bits per heavy atom. The van der Waals surface area contributed by atoms with Crippen molar-refractivity contribution in [3.05, 3.63) is 95.1 Å². The van der Waals surface area contributed by atoms with Gasteiger partial charge in [0.05, 0.1) is 5.57 Å². The van der Waals surface area contributed by atoms with E-state index in [1.807, 2.05) is 67.6 Å². The summed E-state index contributed by atoms with van der Waals surface area (Å²) < 4.78 is 5.81. The number of carbonyl (C=O) groups excluding carboxylic acids is 1. The zero-order valence-electron chi connectivity index (χ0n) is 19.4. The summed E-state index contributed by atoms with van der Waals surface area (Å²) >= 11 is 0. The number of aliphatic carboxylic acids is 1. The van der Waals surface area contributed by atoms with E-state index in [-0.39, 0.29) is 17.1 Å². The summed E-state index contributed by atoms with van der Waals surface area (Å²) in [7, 11) is 0. The summed E-state index contributed by atoms with van der Waals surface area (Å²) in [6, 6.07) is 17.0. The van der Waals surface area contributed by atoms with Gasteiger partial charge in [-0.3, -0.25) is 4.79 Å². The van der Waals surface area contributed by atoms with Gasteiger partial charge in [-0.15, -0.1) is 0 Å². The molecule has 33 heavy (non-hydrogen) atoms. The molecule has 0 heterocycles. The molecule has 1 atom stereocenters. The van der Waals surface area contributed by atoms with Gasteiger partial charge in [-0.1, -0.05) is 56.0 Å². The smallest absolute Gasteiger partial charge is 0.328 e. The van der Waals surface area contributed by atoms with Gasteiger partial charge in [0.15, 0.2) is 5.78 Å². The first-order valence-electron chi connectivity index (χ1n) is 10.8. The van der Waals surface area contributed by atoms with Crippen molar-refractivity contribution in [1.29, 1.82) is 0 Å². The summed E-state index contributed by atoms with van der Waals surface area (Å²) in [4.78, 5) is 23.7. The van der Waals surface area contributed by atoms with Gasteiger partial charge < -0.3 is 9.84 Å². The van der Waals surface area contributed by atoms with E-state index in [0.717, 1.165) is 16.9 Å². The van der Waals surface area contributed by atoms with Crippen LogP contribution >= 0.6 is 0 Å². The van der Waals surface area contributed by atoms with E-state index < -0.39 is 5.97 Å². The van der Waals surface area contributed by atoms with E-state index in [1.165, 1.54) is 6.08 Å². The molecular formula is C29H28O4. The van der Waals surface area contributed by atoms with Crippen molar-refractivity contribution in [1.82, 2.24) is 0 Å². The monoisotopic (exact) mass is 440 g/mol. The number of carboxylic acid groups (broad SMARTS) is 1. The Labute approximate surface area is 195 Å². The minimum atomic E-state index is -0.978. The Bertz CT molecular complexity index is 1180. The molecule has 4 nitrogen and oxygen atoms in total. The summed E-state index contributed by atoms with van der Waals surface area (Å²) in [5.74, 6) is 6.72. The summed E-state index contributed by atoms with van der Waals surface area (Å²) in [6.07, 6.45) is 5.33. The number of carboxylic acids is 1. The molecule has 0 bridgehead atoms.